The SMILES string of the molecule is CCCC[C@H](c1ccc(C(F)(F)F)cc1F)N1CCNCC1. The highest BCUT2D eigenvalue weighted by Gasteiger charge is 2.32. The van der Waals surface area contributed by atoms with Gasteiger partial charge in [0.2, 0.25) is 0 Å². The Balaban J connectivity index is 2.26. The van der Waals surface area contributed by atoms with Crippen LogP contribution in [0.3, 0.4) is 0 Å². The standard InChI is InChI=1S/C16H22F4N2/c1-2-3-4-15(22-9-7-21-8-10-22)13-6-5-12(11-14(13)17)16(18,19)20/h5-6,11,15,21H,2-4,7-10H2,1H3/t15-/m1/s1. The predicted octanol–water partition coefficient (Wildman–Crippen LogP) is 3.98. The first-order valence-electron chi connectivity index (χ1n) is 7.75. The van der Waals surface area contributed by atoms with Crippen LogP contribution < -0.4 is 5.32 Å². The topological polar surface area (TPSA) is 15.3 Å². The van der Waals surface area contributed by atoms with Crippen molar-refractivity contribution in [3.05, 3.63) is 35.1 Å². The highest BCUT2D eigenvalue weighted by molar-refractivity contribution is 5.29. The summed E-state index contributed by atoms with van der Waals surface area (Å²) in [7, 11) is 0. The van der Waals surface area contributed by atoms with Crippen molar-refractivity contribution in [1.82, 2.24) is 10.2 Å². The molecule has 22 heavy (non-hydrogen) atoms. The molecule has 1 aliphatic rings. The van der Waals surface area contributed by atoms with Crippen LogP contribution in [0, 0.1) is 5.82 Å². The minimum absolute atomic E-state index is 0.149. The lowest BCUT2D eigenvalue weighted by Gasteiger charge is -2.35. The van der Waals surface area contributed by atoms with E-state index in [0.29, 0.717) is 11.6 Å². The molecule has 0 aliphatic carbocycles. The molecule has 124 valence electrons. The number of halogens is 4. The first kappa shape index (κ1) is 17.2. The number of nitrogens with zero attached hydrogens (tertiary/aromatic N) is 1. The average molecular weight is 318 g/mol. The van der Waals surface area contributed by atoms with Gasteiger partial charge in [-0.05, 0) is 18.6 Å². The summed E-state index contributed by atoms with van der Waals surface area (Å²) in [4.78, 5) is 2.16. The fourth-order valence-electron chi connectivity index (χ4n) is 2.90. The molecule has 0 saturated carbocycles. The van der Waals surface area contributed by atoms with Crippen molar-refractivity contribution >= 4 is 0 Å². The number of alkyl halides is 3. The maximum atomic E-state index is 14.3. The molecule has 0 aromatic heterocycles. The molecule has 1 aromatic rings. The molecule has 1 aliphatic heterocycles. The Kier molecular flexibility index (Phi) is 5.81. The fraction of sp³-hybridized carbons (Fsp3) is 0.625. The zero-order valence-corrected chi connectivity index (χ0v) is 12.7. The van der Waals surface area contributed by atoms with Gasteiger partial charge in [0, 0.05) is 37.8 Å². The molecule has 1 N–H and O–H groups in total. The van der Waals surface area contributed by atoms with E-state index in [1.54, 1.807) is 0 Å². The van der Waals surface area contributed by atoms with Gasteiger partial charge in [0.1, 0.15) is 5.82 Å². The number of benzene rings is 1. The molecular weight excluding hydrogens is 296 g/mol. The molecule has 1 fully saturated rings. The van der Waals surface area contributed by atoms with E-state index in [9.17, 15) is 17.6 Å². The second-order valence-electron chi connectivity index (χ2n) is 5.68. The van der Waals surface area contributed by atoms with Crippen LogP contribution in [-0.2, 0) is 6.18 Å². The first-order valence-corrected chi connectivity index (χ1v) is 7.75. The lowest BCUT2D eigenvalue weighted by atomic mass is 9.97. The van der Waals surface area contributed by atoms with E-state index in [1.165, 1.54) is 6.07 Å². The number of rotatable bonds is 5. The summed E-state index contributed by atoms with van der Waals surface area (Å²) in [5, 5.41) is 3.24. The molecule has 1 heterocycles. The largest absolute Gasteiger partial charge is 0.416 e. The van der Waals surface area contributed by atoms with Crippen molar-refractivity contribution < 1.29 is 17.6 Å². The molecular formula is C16H22F4N2. The Morgan fingerprint density at radius 1 is 1.23 bits per heavy atom. The molecule has 0 amide bonds. The second kappa shape index (κ2) is 7.42. The van der Waals surface area contributed by atoms with Gasteiger partial charge in [0.25, 0.3) is 0 Å². The maximum Gasteiger partial charge on any atom is 0.416 e. The molecule has 6 heteroatoms. The molecule has 0 unspecified atom stereocenters. The summed E-state index contributed by atoms with van der Waals surface area (Å²) in [6.07, 6.45) is -1.84. The molecule has 2 rings (SSSR count). The summed E-state index contributed by atoms with van der Waals surface area (Å²) in [5.41, 5.74) is -0.549. The van der Waals surface area contributed by atoms with Gasteiger partial charge >= 0.3 is 6.18 Å². The van der Waals surface area contributed by atoms with Gasteiger partial charge in [-0.2, -0.15) is 13.2 Å². The monoisotopic (exact) mass is 318 g/mol. The normalized spacial score (nSPS) is 18.4. The van der Waals surface area contributed by atoms with E-state index in [-0.39, 0.29) is 6.04 Å². The van der Waals surface area contributed by atoms with E-state index in [0.717, 1.165) is 51.5 Å². The summed E-state index contributed by atoms with van der Waals surface area (Å²) < 4.78 is 52.3. The van der Waals surface area contributed by atoms with Gasteiger partial charge in [0.05, 0.1) is 5.56 Å². The van der Waals surface area contributed by atoms with Crippen molar-refractivity contribution in [2.45, 2.75) is 38.4 Å². The van der Waals surface area contributed by atoms with Crippen LogP contribution in [0.5, 0.6) is 0 Å². The van der Waals surface area contributed by atoms with Crippen LogP contribution in [0.2, 0.25) is 0 Å². The molecule has 1 saturated heterocycles. The van der Waals surface area contributed by atoms with Crippen LogP contribution in [-0.4, -0.2) is 31.1 Å². The van der Waals surface area contributed by atoms with Crippen molar-refractivity contribution in [3.63, 3.8) is 0 Å². The van der Waals surface area contributed by atoms with Crippen molar-refractivity contribution in [1.29, 1.82) is 0 Å². The quantitative estimate of drug-likeness (QED) is 0.826. The van der Waals surface area contributed by atoms with Crippen molar-refractivity contribution in [2.75, 3.05) is 26.2 Å². The summed E-state index contributed by atoms with van der Waals surface area (Å²) in [6, 6.07) is 2.76. The predicted molar refractivity (Wildman–Crippen MR) is 78.1 cm³/mol. The molecule has 1 atom stereocenters. The zero-order chi connectivity index (χ0) is 16.2. The molecule has 0 bridgehead atoms. The van der Waals surface area contributed by atoms with Gasteiger partial charge in [-0.25, -0.2) is 4.39 Å². The number of nitrogens with one attached hydrogen (secondary N) is 1. The van der Waals surface area contributed by atoms with Gasteiger partial charge < -0.3 is 5.32 Å². The van der Waals surface area contributed by atoms with E-state index in [2.05, 4.69) is 17.1 Å². The summed E-state index contributed by atoms with van der Waals surface area (Å²) >= 11 is 0. The van der Waals surface area contributed by atoms with Gasteiger partial charge in [0.15, 0.2) is 0 Å². The minimum Gasteiger partial charge on any atom is -0.314 e. The minimum atomic E-state index is -4.51. The third kappa shape index (κ3) is 4.20. The molecule has 0 radical (unpaired) electrons. The molecule has 1 aromatic carbocycles. The van der Waals surface area contributed by atoms with Crippen molar-refractivity contribution in [2.24, 2.45) is 0 Å². The summed E-state index contributed by atoms with van der Waals surface area (Å²) in [6.45, 7) is 5.28. The zero-order valence-electron chi connectivity index (χ0n) is 12.7. The van der Waals surface area contributed by atoms with Crippen LogP contribution in [0.15, 0.2) is 18.2 Å². The Morgan fingerprint density at radius 2 is 1.91 bits per heavy atom. The lowest BCUT2D eigenvalue weighted by Crippen LogP contribution is -2.45. The van der Waals surface area contributed by atoms with E-state index in [1.807, 2.05) is 0 Å². The Morgan fingerprint density at radius 3 is 2.45 bits per heavy atom. The number of hydrogen-bond donors (Lipinski definition) is 1. The van der Waals surface area contributed by atoms with Crippen LogP contribution in [0.4, 0.5) is 17.6 Å². The highest BCUT2D eigenvalue weighted by atomic mass is 19.4. The molecule has 2 nitrogen and oxygen atoms in total. The first-order chi connectivity index (χ1) is 10.4. The second-order valence-corrected chi connectivity index (χ2v) is 5.68. The van der Waals surface area contributed by atoms with Gasteiger partial charge in [-0.1, -0.05) is 25.8 Å². The number of piperazine rings is 1. The van der Waals surface area contributed by atoms with E-state index >= 15 is 0 Å². The van der Waals surface area contributed by atoms with Crippen molar-refractivity contribution in [3.8, 4) is 0 Å². The Labute approximate surface area is 128 Å². The van der Waals surface area contributed by atoms with Gasteiger partial charge in [-0.3, -0.25) is 4.90 Å². The van der Waals surface area contributed by atoms with E-state index < -0.39 is 17.6 Å². The smallest absolute Gasteiger partial charge is 0.314 e. The number of unbranched alkanes of at least 4 members (excludes halogenated alkanes) is 1. The average Bonchev–Trinajstić information content (AvgIpc) is 2.49. The van der Waals surface area contributed by atoms with E-state index in [4.69, 9.17) is 0 Å². The van der Waals surface area contributed by atoms with Crippen LogP contribution in [0.25, 0.3) is 0 Å². The fourth-order valence-corrected chi connectivity index (χ4v) is 2.90. The summed E-state index contributed by atoms with van der Waals surface area (Å²) in [5.74, 6) is -0.755. The maximum absolute atomic E-state index is 14.3. The Hall–Kier alpha value is -1.14. The lowest BCUT2D eigenvalue weighted by molar-refractivity contribution is -0.137. The number of hydrogen-bond acceptors (Lipinski definition) is 2. The van der Waals surface area contributed by atoms with Crippen LogP contribution in [0.1, 0.15) is 43.4 Å². The third-order valence-electron chi connectivity index (χ3n) is 4.11. The van der Waals surface area contributed by atoms with Crippen LogP contribution >= 0.6 is 0 Å². The third-order valence-corrected chi connectivity index (χ3v) is 4.11. The Bertz CT molecular complexity index is 482. The van der Waals surface area contributed by atoms with Gasteiger partial charge in [-0.15, -0.1) is 0 Å². The molecule has 0 spiro atoms. The highest BCUT2D eigenvalue weighted by Crippen LogP contribution is 2.34.